The monoisotopic (exact) mass is 123 g/mol. The van der Waals surface area contributed by atoms with Gasteiger partial charge in [-0.25, -0.2) is 0 Å². The molecule has 46 valence electrons. The number of nitrogens with zero attached hydrogens (tertiary/aromatic N) is 1. The van der Waals surface area contributed by atoms with E-state index in [1.54, 1.807) is 0 Å². The topological polar surface area (TPSA) is 37.4 Å². The molecule has 0 N–H and O–H groups in total. The average molecular weight is 123 g/mol. The van der Waals surface area contributed by atoms with E-state index in [0.717, 1.165) is 4.90 Å². The largest absolute Gasteiger partial charge is 0.302 e. The Hall–Kier alpha value is -1.38. The number of hydrogen-bond acceptors (Lipinski definition) is 2. The third-order valence-corrected chi connectivity index (χ3v) is 1.03. The lowest BCUT2D eigenvalue weighted by molar-refractivity contribution is -0.137. The van der Waals surface area contributed by atoms with Gasteiger partial charge >= 0.3 is 5.91 Å². The van der Waals surface area contributed by atoms with Gasteiger partial charge in [-0.1, -0.05) is 6.58 Å². The van der Waals surface area contributed by atoms with Crippen molar-refractivity contribution in [3.05, 3.63) is 25.1 Å². The second-order valence-electron chi connectivity index (χ2n) is 1.57. The van der Waals surface area contributed by atoms with Crippen molar-refractivity contribution < 1.29 is 9.59 Å². The summed E-state index contributed by atoms with van der Waals surface area (Å²) in [6.45, 7) is 3.33. The first kappa shape index (κ1) is 5.75. The first-order valence-corrected chi connectivity index (χ1v) is 2.43. The normalized spacial score (nSPS) is 17.1. The van der Waals surface area contributed by atoms with Gasteiger partial charge in [0.05, 0.1) is 0 Å². The Balaban J connectivity index is 2.85. The zero-order valence-corrected chi connectivity index (χ0v) is 4.70. The van der Waals surface area contributed by atoms with Crippen LogP contribution in [0, 0.1) is 0 Å². The summed E-state index contributed by atoms with van der Waals surface area (Å²) in [6, 6.07) is 0. The van der Waals surface area contributed by atoms with E-state index < -0.39 is 11.7 Å². The van der Waals surface area contributed by atoms with Gasteiger partial charge < -0.3 is 0 Å². The number of carbonyl (C=O) groups is 2. The Morgan fingerprint density at radius 3 is 2.44 bits per heavy atom. The van der Waals surface area contributed by atoms with E-state index in [0.29, 0.717) is 0 Å². The molecule has 1 aliphatic heterocycles. The Morgan fingerprint density at radius 1 is 1.56 bits per heavy atom. The second kappa shape index (κ2) is 1.85. The molecule has 9 heavy (non-hydrogen) atoms. The van der Waals surface area contributed by atoms with Crippen molar-refractivity contribution in [2.75, 3.05) is 0 Å². The fourth-order valence-corrected chi connectivity index (χ4v) is 0.558. The summed E-state index contributed by atoms with van der Waals surface area (Å²) in [7, 11) is 0. The van der Waals surface area contributed by atoms with Gasteiger partial charge in [0.25, 0.3) is 0 Å². The molecule has 1 heterocycles. The summed E-state index contributed by atoms with van der Waals surface area (Å²) in [6.07, 6.45) is 3.89. The molecule has 0 aromatic carbocycles. The summed E-state index contributed by atoms with van der Waals surface area (Å²) < 4.78 is 0. The van der Waals surface area contributed by atoms with Crippen LogP contribution in [0.3, 0.4) is 0 Å². The molecule has 0 unspecified atom stereocenters. The summed E-state index contributed by atoms with van der Waals surface area (Å²) in [5, 5.41) is 0. The minimum Gasteiger partial charge on any atom is -0.288 e. The molecule has 0 saturated carbocycles. The standard InChI is InChI=1S/C6H5NO2/c1-2-7-4-3-5(8)6(7)9/h2-4H,1H2. The Kier molecular flexibility index (Phi) is 1.18. The number of carbonyl (C=O) groups excluding carboxylic acids is 2. The minimum atomic E-state index is -0.537. The molecule has 0 fully saturated rings. The van der Waals surface area contributed by atoms with Crippen LogP contribution in [-0.4, -0.2) is 16.6 Å². The molecule has 0 aromatic rings. The summed E-state index contributed by atoms with van der Waals surface area (Å²) in [4.78, 5) is 22.1. The first-order valence-electron chi connectivity index (χ1n) is 2.43. The van der Waals surface area contributed by atoms with Crippen molar-refractivity contribution in [2.45, 2.75) is 0 Å². The van der Waals surface area contributed by atoms with E-state index in [-0.39, 0.29) is 0 Å². The lowest BCUT2D eigenvalue weighted by Gasteiger charge is -2.01. The van der Waals surface area contributed by atoms with Crippen LogP contribution in [0.2, 0.25) is 0 Å². The molecule has 0 aromatic heterocycles. The molecule has 0 saturated heterocycles. The molecule has 0 atom stereocenters. The highest BCUT2D eigenvalue weighted by Crippen LogP contribution is 2.01. The van der Waals surface area contributed by atoms with E-state index in [9.17, 15) is 9.59 Å². The lowest BCUT2D eigenvalue weighted by atomic mass is 10.4. The second-order valence-corrected chi connectivity index (χ2v) is 1.57. The SMILES string of the molecule is C=CN1C=CC(=O)C1=O. The highest BCUT2D eigenvalue weighted by Gasteiger charge is 2.20. The maximum atomic E-state index is 10.6. The number of rotatable bonds is 1. The van der Waals surface area contributed by atoms with Crippen LogP contribution < -0.4 is 0 Å². The number of ketones is 1. The molecule has 0 radical (unpaired) electrons. The van der Waals surface area contributed by atoms with E-state index in [1.165, 1.54) is 18.5 Å². The van der Waals surface area contributed by atoms with Gasteiger partial charge in [0.2, 0.25) is 5.78 Å². The molecule has 0 aliphatic carbocycles. The van der Waals surface area contributed by atoms with E-state index in [4.69, 9.17) is 0 Å². The quantitative estimate of drug-likeness (QED) is 0.462. The average Bonchev–Trinajstić information content (AvgIpc) is 2.15. The van der Waals surface area contributed by atoms with Crippen LogP contribution in [0.1, 0.15) is 0 Å². The molecule has 3 heteroatoms. The van der Waals surface area contributed by atoms with E-state index in [1.807, 2.05) is 0 Å². The zero-order chi connectivity index (χ0) is 6.85. The minimum absolute atomic E-state index is 0.491. The summed E-state index contributed by atoms with van der Waals surface area (Å²) in [5.41, 5.74) is 0. The van der Waals surface area contributed by atoms with Crippen LogP contribution in [0.5, 0.6) is 0 Å². The Bertz CT molecular complexity index is 205. The van der Waals surface area contributed by atoms with E-state index >= 15 is 0 Å². The third-order valence-electron chi connectivity index (χ3n) is 1.03. The maximum Gasteiger partial charge on any atom is 0.302 e. The smallest absolute Gasteiger partial charge is 0.288 e. The van der Waals surface area contributed by atoms with Gasteiger partial charge in [0.1, 0.15) is 0 Å². The highest BCUT2D eigenvalue weighted by atomic mass is 16.2. The van der Waals surface area contributed by atoms with Crippen molar-refractivity contribution in [2.24, 2.45) is 0 Å². The summed E-state index contributed by atoms with van der Waals surface area (Å²) in [5.74, 6) is -1.03. The lowest BCUT2D eigenvalue weighted by Crippen LogP contribution is -2.19. The van der Waals surface area contributed by atoms with Crippen molar-refractivity contribution in [3.63, 3.8) is 0 Å². The molecule has 1 aliphatic rings. The van der Waals surface area contributed by atoms with Gasteiger partial charge in [-0.2, -0.15) is 0 Å². The van der Waals surface area contributed by atoms with Crippen molar-refractivity contribution in [3.8, 4) is 0 Å². The predicted molar refractivity (Wildman–Crippen MR) is 31.2 cm³/mol. The van der Waals surface area contributed by atoms with Crippen molar-refractivity contribution in [1.82, 2.24) is 4.90 Å². The van der Waals surface area contributed by atoms with Crippen LogP contribution in [0.4, 0.5) is 0 Å². The van der Waals surface area contributed by atoms with Crippen LogP contribution in [-0.2, 0) is 9.59 Å². The summed E-state index contributed by atoms with van der Waals surface area (Å²) >= 11 is 0. The third kappa shape index (κ3) is 0.762. The Labute approximate surface area is 52.3 Å². The number of amides is 1. The van der Waals surface area contributed by atoms with Crippen LogP contribution in [0.25, 0.3) is 0 Å². The molecular formula is C6H5NO2. The predicted octanol–water partition coefficient (Wildman–Crippen LogP) is 0.0549. The molecule has 3 nitrogen and oxygen atoms in total. The maximum absolute atomic E-state index is 10.6. The molecular weight excluding hydrogens is 118 g/mol. The van der Waals surface area contributed by atoms with Crippen LogP contribution >= 0.6 is 0 Å². The zero-order valence-electron chi connectivity index (χ0n) is 4.70. The molecule has 0 spiro atoms. The fourth-order valence-electron chi connectivity index (χ4n) is 0.558. The van der Waals surface area contributed by atoms with Crippen molar-refractivity contribution >= 4 is 11.7 Å². The van der Waals surface area contributed by atoms with Gasteiger partial charge in [0, 0.05) is 18.5 Å². The highest BCUT2D eigenvalue weighted by molar-refractivity contribution is 6.42. The van der Waals surface area contributed by atoms with Gasteiger partial charge in [0.15, 0.2) is 0 Å². The number of hydrogen-bond donors (Lipinski definition) is 0. The fraction of sp³-hybridized carbons (Fsp3) is 0. The van der Waals surface area contributed by atoms with Gasteiger partial charge in [-0.3, -0.25) is 14.5 Å². The van der Waals surface area contributed by atoms with Crippen molar-refractivity contribution in [1.29, 1.82) is 0 Å². The molecule has 1 rings (SSSR count). The molecule has 0 bridgehead atoms. The van der Waals surface area contributed by atoms with Gasteiger partial charge in [-0.15, -0.1) is 0 Å². The van der Waals surface area contributed by atoms with E-state index in [2.05, 4.69) is 6.58 Å². The molecule has 1 amide bonds. The van der Waals surface area contributed by atoms with Gasteiger partial charge in [-0.05, 0) is 0 Å². The van der Waals surface area contributed by atoms with Crippen LogP contribution in [0.15, 0.2) is 25.1 Å². The Morgan fingerprint density at radius 2 is 2.22 bits per heavy atom. The first-order chi connectivity index (χ1) is 4.25.